The van der Waals surface area contributed by atoms with Gasteiger partial charge < -0.3 is 14.4 Å². The Kier molecular flexibility index (Phi) is 9.13. The van der Waals surface area contributed by atoms with E-state index in [9.17, 15) is 22.6 Å². The van der Waals surface area contributed by atoms with Crippen molar-refractivity contribution in [3.05, 3.63) is 35.4 Å². The number of rotatable bonds is 13. The van der Waals surface area contributed by atoms with Crippen LogP contribution in [0.25, 0.3) is 10.8 Å². The number of methoxy groups -OCH3 is 1. The van der Waals surface area contributed by atoms with Gasteiger partial charge in [0.25, 0.3) is 0 Å². The number of ether oxygens (including phenoxy) is 1. The molecule has 0 saturated heterocycles. The standard InChI is InChI=1S/C28H37NO7S/c1-19-17-21(37(33,34)35)18-23-22(19)13-14-24-27(23)28(3,15-9-5-8-12-26(32)36-4)20(2)29(24)16-10-6-7-11-25(30)31/h13-14,17-18H,5-12,15-16H2,1-4H3,(H-,30,31,33,34,35). The number of esters is 1. The van der Waals surface area contributed by atoms with E-state index in [-0.39, 0.29) is 22.7 Å². The van der Waals surface area contributed by atoms with Gasteiger partial charge in [-0.05, 0) is 74.1 Å². The van der Waals surface area contributed by atoms with Gasteiger partial charge >= 0.3 is 11.9 Å². The van der Waals surface area contributed by atoms with Gasteiger partial charge in [0.1, 0.15) is 16.7 Å². The number of aryl methyl sites for hydroxylation is 1. The first-order chi connectivity index (χ1) is 17.4. The van der Waals surface area contributed by atoms with Crippen LogP contribution in [0.15, 0.2) is 29.2 Å². The van der Waals surface area contributed by atoms with Crippen LogP contribution >= 0.6 is 0 Å². The maximum atomic E-state index is 11.9. The summed E-state index contributed by atoms with van der Waals surface area (Å²) in [6, 6.07) is 7.01. The lowest BCUT2D eigenvalue weighted by Crippen LogP contribution is -2.30. The molecule has 3 rings (SSSR count). The Balaban J connectivity index is 2.01. The largest absolute Gasteiger partial charge is 0.744 e. The van der Waals surface area contributed by atoms with E-state index in [1.807, 2.05) is 13.0 Å². The van der Waals surface area contributed by atoms with Crippen LogP contribution in [0.2, 0.25) is 0 Å². The molecule has 202 valence electrons. The van der Waals surface area contributed by atoms with Gasteiger partial charge in [-0.1, -0.05) is 12.8 Å². The highest BCUT2D eigenvalue weighted by atomic mass is 32.2. The van der Waals surface area contributed by atoms with E-state index in [4.69, 9.17) is 9.84 Å². The van der Waals surface area contributed by atoms with Crippen LogP contribution in [0.5, 0.6) is 0 Å². The van der Waals surface area contributed by atoms with Crippen LogP contribution in [0, 0.1) is 6.92 Å². The number of hydrogen-bond donors (Lipinski definition) is 1. The van der Waals surface area contributed by atoms with E-state index < -0.39 is 16.1 Å². The van der Waals surface area contributed by atoms with E-state index in [0.29, 0.717) is 12.8 Å². The number of fused-ring (bicyclic) bond motifs is 3. The minimum absolute atomic E-state index is 0.152. The summed E-state index contributed by atoms with van der Waals surface area (Å²) in [5.74, 6) is -1.01. The molecule has 0 aliphatic carbocycles. The third-order valence-electron chi connectivity index (χ3n) is 7.69. The molecule has 9 heteroatoms. The minimum atomic E-state index is -4.62. The molecule has 0 amide bonds. The van der Waals surface area contributed by atoms with Gasteiger partial charge in [-0.2, -0.15) is 4.58 Å². The van der Waals surface area contributed by atoms with E-state index >= 15 is 0 Å². The second kappa shape index (κ2) is 11.7. The number of carboxylic acid groups (broad SMARTS) is 1. The Morgan fingerprint density at radius 1 is 1.00 bits per heavy atom. The maximum absolute atomic E-state index is 11.9. The van der Waals surface area contributed by atoms with Gasteiger partial charge in [0.15, 0.2) is 5.71 Å². The Morgan fingerprint density at radius 3 is 2.32 bits per heavy atom. The predicted octanol–water partition coefficient (Wildman–Crippen LogP) is 5.20. The molecule has 1 unspecified atom stereocenters. The fraction of sp³-hybridized carbons (Fsp3) is 0.536. The number of carbonyl (C=O) groups is 2. The van der Waals surface area contributed by atoms with Gasteiger partial charge in [0, 0.05) is 37.8 Å². The summed E-state index contributed by atoms with van der Waals surface area (Å²) in [5.41, 5.74) is 3.52. The molecule has 37 heavy (non-hydrogen) atoms. The lowest BCUT2D eigenvalue weighted by molar-refractivity contribution is -0.439. The molecule has 0 saturated carbocycles. The number of aliphatic carboxylic acids is 1. The summed E-state index contributed by atoms with van der Waals surface area (Å²) < 4.78 is 42.8. The van der Waals surface area contributed by atoms with Crippen molar-refractivity contribution in [1.82, 2.24) is 0 Å². The van der Waals surface area contributed by atoms with Gasteiger partial charge in [0.05, 0.1) is 17.4 Å². The Labute approximate surface area is 219 Å². The summed E-state index contributed by atoms with van der Waals surface area (Å²) in [5, 5.41) is 10.6. The first-order valence-corrected chi connectivity index (χ1v) is 14.2. The molecule has 0 radical (unpaired) electrons. The van der Waals surface area contributed by atoms with Crippen molar-refractivity contribution in [3.8, 4) is 0 Å². The summed E-state index contributed by atoms with van der Waals surface area (Å²) in [4.78, 5) is 22.1. The minimum Gasteiger partial charge on any atom is -0.744 e. The SMILES string of the molecule is COC(=O)CCCCCC1(C)C(C)=[N+](CCCCCC(=O)O)c2ccc3c(C)cc(S(=O)(=O)[O-])cc3c21. The van der Waals surface area contributed by atoms with Crippen LogP contribution in [0.4, 0.5) is 5.69 Å². The Bertz CT molecular complexity index is 1330. The highest BCUT2D eigenvalue weighted by molar-refractivity contribution is 7.85. The lowest BCUT2D eigenvalue weighted by Gasteiger charge is -2.24. The first kappa shape index (κ1) is 28.8. The smallest absolute Gasteiger partial charge is 0.305 e. The lowest BCUT2D eigenvalue weighted by atomic mass is 9.74. The summed E-state index contributed by atoms with van der Waals surface area (Å²) in [6.45, 7) is 6.80. The molecule has 0 aromatic heterocycles. The molecule has 1 N–H and O–H groups in total. The fourth-order valence-corrected chi connectivity index (χ4v) is 6.11. The molecule has 1 atom stereocenters. The molecule has 2 aromatic rings. The number of nitrogens with zero attached hydrogens (tertiary/aromatic N) is 1. The van der Waals surface area contributed by atoms with Crippen molar-refractivity contribution in [2.75, 3.05) is 13.7 Å². The molecule has 0 spiro atoms. The summed E-state index contributed by atoms with van der Waals surface area (Å²) in [6.07, 6.45) is 6.02. The topological polar surface area (TPSA) is 124 Å². The maximum Gasteiger partial charge on any atom is 0.305 e. The molecule has 0 bridgehead atoms. The number of hydrogen-bond acceptors (Lipinski definition) is 6. The zero-order valence-corrected chi connectivity index (χ0v) is 22.9. The number of carboxylic acids is 1. The average Bonchev–Trinajstić information content (AvgIpc) is 3.04. The van der Waals surface area contributed by atoms with E-state index in [0.717, 1.165) is 78.4 Å². The van der Waals surface area contributed by atoms with Crippen LogP contribution in [0.1, 0.15) is 82.8 Å². The van der Waals surface area contributed by atoms with Gasteiger partial charge in [-0.25, -0.2) is 8.42 Å². The van der Waals surface area contributed by atoms with Crippen molar-refractivity contribution in [2.45, 2.75) is 88.9 Å². The fourth-order valence-electron chi connectivity index (χ4n) is 5.53. The van der Waals surface area contributed by atoms with Gasteiger partial charge in [0.2, 0.25) is 5.69 Å². The van der Waals surface area contributed by atoms with Crippen molar-refractivity contribution in [1.29, 1.82) is 0 Å². The number of unbranched alkanes of at least 4 members (excludes halogenated alkanes) is 4. The zero-order valence-electron chi connectivity index (χ0n) is 22.1. The molecule has 0 fully saturated rings. The summed E-state index contributed by atoms with van der Waals surface area (Å²) >= 11 is 0. The molecule has 1 heterocycles. The molecule has 8 nitrogen and oxygen atoms in total. The Morgan fingerprint density at radius 2 is 1.68 bits per heavy atom. The van der Waals surface area contributed by atoms with Crippen molar-refractivity contribution in [2.24, 2.45) is 0 Å². The van der Waals surface area contributed by atoms with Gasteiger partial charge in [-0.15, -0.1) is 0 Å². The number of carbonyl (C=O) groups excluding carboxylic acids is 1. The average molecular weight is 532 g/mol. The Hall–Kier alpha value is -2.78. The van der Waals surface area contributed by atoms with E-state index in [1.54, 1.807) is 0 Å². The van der Waals surface area contributed by atoms with Crippen LogP contribution in [-0.2, 0) is 29.9 Å². The van der Waals surface area contributed by atoms with Crippen molar-refractivity contribution in [3.63, 3.8) is 0 Å². The molecule has 1 aliphatic heterocycles. The second-order valence-corrected chi connectivity index (χ2v) is 11.5. The third-order valence-corrected chi connectivity index (χ3v) is 8.50. The van der Waals surface area contributed by atoms with Crippen LogP contribution < -0.4 is 0 Å². The highest BCUT2D eigenvalue weighted by Gasteiger charge is 2.47. The third kappa shape index (κ3) is 6.38. The molecule has 2 aromatic carbocycles. The predicted molar refractivity (Wildman–Crippen MR) is 141 cm³/mol. The first-order valence-electron chi connectivity index (χ1n) is 12.8. The van der Waals surface area contributed by atoms with Crippen LogP contribution in [-0.4, -0.2) is 54.0 Å². The quantitative estimate of drug-likeness (QED) is 0.163. The molecular formula is C28H37NO7S. The van der Waals surface area contributed by atoms with Crippen LogP contribution in [0.3, 0.4) is 0 Å². The van der Waals surface area contributed by atoms with Crippen molar-refractivity contribution < 1.29 is 37.0 Å². The number of benzene rings is 2. The molecule has 1 aliphatic rings. The van der Waals surface area contributed by atoms with E-state index in [2.05, 4.69) is 24.5 Å². The van der Waals surface area contributed by atoms with Gasteiger partial charge in [-0.3, -0.25) is 9.59 Å². The monoisotopic (exact) mass is 531 g/mol. The second-order valence-electron chi connectivity index (χ2n) is 10.2. The normalized spacial score (nSPS) is 17.3. The van der Waals surface area contributed by atoms with E-state index in [1.165, 1.54) is 19.2 Å². The van der Waals surface area contributed by atoms with Crippen molar-refractivity contribution >= 4 is 44.2 Å². The summed E-state index contributed by atoms with van der Waals surface area (Å²) in [7, 11) is -3.24. The molecular weight excluding hydrogens is 494 g/mol. The highest BCUT2D eigenvalue weighted by Crippen LogP contribution is 2.47. The zero-order chi connectivity index (χ0) is 27.4.